The summed E-state index contributed by atoms with van der Waals surface area (Å²) < 4.78 is 5.24. The van der Waals surface area contributed by atoms with Crippen molar-refractivity contribution in [2.45, 2.75) is 0 Å². The van der Waals surface area contributed by atoms with Gasteiger partial charge in [-0.1, -0.05) is 6.20 Å². The van der Waals surface area contributed by atoms with Gasteiger partial charge >= 0.3 is 51.4 Å². The average Bonchev–Trinajstić information content (AvgIpc) is 2.21. The third-order valence-electron chi connectivity index (χ3n) is 1.94. The van der Waals surface area contributed by atoms with E-state index in [4.69, 9.17) is 4.74 Å². The van der Waals surface area contributed by atoms with Crippen molar-refractivity contribution in [2.75, 3.05) is 31.2 Å². The van der Waals surface area contributed by atoms with E-state index in [1.165, 1.54) is 0 Å². The molecule has 0 radical (unpaired) electrons. The number of anilines is 1. The molecule has 0 spiro atoms. The number of hydrogen-bond acceptors (Lipinski definition) is 3. The van der Waals surface area contributed by atoms with Gasteiger partial charge in [-0.05, 0) is 0 Å². The Kier molecular flexibility index (Phi) is 5.46. The minimum absolute atomic E-state index is 0. The molecular weight excluding hydrogens is 191 g/mol. The zero-order chi connectivity index (χ0) is 8.23. The van der Waals surface area contributed by atoms with Gasteiger partial charge in [0.05, 0.1) is 13.2 Å². The monoisotopic (exact) mass is 202 g/mol. The predicted octanol–water partition coefficient (Wildman–Crippen LogP) is -2.28. The topological polar surface area (TPSA) is 25.4 Å². The van der Waals surface area contributed by atoms with E-state index in [9.17, 15) is 0 Å². The van der Waals surface area contributed by atoms with Crippen LogP contribution in [0.4, 0.5) is 5.82 Å². The normalized spacial score (nSPS) is 16.5. The first-order valence-electron chi connectivity index (χ1n) is 4.11. The van der Waals surface area contributed by atoms with Crippen molar-refractivity contribution >= 4 is 5.82 Å². The summed E-state index contributed by atoms with van der Waals surface area (Å²) in [5, 5.41) is 0. The molecule has 0 bridgehead atoms. The molecule has 1 aromatic rings. The molecule has 2 rings (SSSR count). The Hall–Kier alpha value is 0.546. The molecule has 0 aliphatic carbocycles. The molecule has 0 aromatic carbocycles. The Balaban J connectivity index is 0.000000845. The van der Waals surface area contributed by atoms with Crippen LogP contribution in [0.15, 0.2) is 18.3 Å². The largest absolute Gasteiger partial charge is 1.00 e. The molecule has 0 atom stereocenters. The van der Waals surface area contributed by atoms with Crippen molar-refractivity contribution in [2.24, 2.45) is 0 Å². The standard InChI is InChI=1S/C9H11N2O.K/c1-2-4-10-9(3-1)11-5-7-12-8-6-11;/h1,3-4H,5-8H2;/q-1;+1. The van der Waals surface area contributed by atoms with Crippen LogP contribution in [0.2, 0.25) is 0 Å². The smallest absolute Gasteiger partial charge is 0.378 e. The molecule has 1 aromatic heterocycles. The molecule has 13 heavy (non-hydrogen) atoms. The van der Waals surface area contributed by atoms with Crippen LogP contribution in [0.3, 0.4) is 0 Å². The van der Waals surface area contributed by atoms with Crippen molar-refractivity contribution in [3.05, 3.63) is 24.4 Å². The van der Waals surface area contributed by atoms with E-state index in [0.29, 0.717) is 0 Å². The van der Waals surface area contributed by atoms with Crippen LogP contribution in [0.5, 0.6) is 0 Å². The van der Waals surface area contributed by atoms with E-state index in [0.717, 1.165) is 32.1 Å². The van der Waals surface area contributed by atoms with Gasteiger partial charge < -0.3 is 9.64 Å². The summed E-state index contributed by atoms with van der Waals surface area (Å²) in [4.78, 5) is 6.44. The second-order valence-corrected chi connectivity index (χ2v) is 2.72. The molecule has 0 unspecified atom stereocenters. The van der Waals surface area contributed by atoms with Crippen LogP contribution in [0, 0.1) is 6.07 Å². The zero-order valence-electron chi connectivity index (χ0n) is 7.86. The summed E-state index contributed by atoms with van der Waals surface area (Å²) in [6.07, 6.45) is 1.70. The maximum Gasteiger partial charge on any atom is 1.00 e. The molecule has 3 nitrogen and oxygen atoms in total. The van der Waals surface area contributed by atoms with Gasteiger partial charge in [0.25, 0.3) is 0 Å². The molecular formula is C9H11KN2O. The van der Waals surface area contributed by atoms with Crippen molar-refractivity contribution in [3.63, 3.8) is 0 Å². The second-order valence-electron chi connectivity index (χ2n) is 2.72. The van der Waals surface area contributed by atoms with Crippen LogP contribution in [-0.4, -0.2) is 31.3 Å². The molecule has 1 saturated heterocycles. The van der Waals surface area contributed by atoms with E-state index in [-0.39, 0.29) is 51.4 Å². The van der Waals surface area contributed by atoms with Crippen molar-refractivity contribution in [3.8, 4) is 0 Å². The van der Waals surface area contributed by atoms with Crippen LogP contribution in [-0.2, 0) is 4.74 Å². The molecule has 4 heteroatoms. The third-order valence-corrected chi connectivity index (χ3v) is 1.94. The van der Waals surface area contributed by atoms with Crippen molar-refractivity contribution in [1.29, 1.82) is 0 Å². The van der Waals surface area contributed by atoms with Gasteiger partial charge in [-0.25, -0.2) is 12.1 Å². The fourth-order valence-electron chi connectivity index (χ4n) is 1.29. The SMILES string of the molecule is [K+].[c-]1ccc(N2CCOCC2)nc1. The summed E-state index contributed by atoms with van der Waals surface area (Å²) in [5.41, 5.74) is 0. The van der Waals surface area contributed by atoms with Gasteiger partial charge in [0, 0.05) is 18.9 Å². The minimum Gasteiger partial charge on any atom is -0.378 e. The van der Waals surface area contributed by atoms with Gasteiger partial charge in [-0.3, -0.25) is 4.98 Å². The van der Waals surface area contributed by atoms with Crippen molar-refractivity contribution in [1.82, 2.24) is 4.98 Å². The fraction of sp³-hybridized carbons (Fsp3) is 0.444. The van der Waals surface area contributed by atoms with E-state index >= 15 is 0 Å². The maximum absolute atomic E-state index is 5.24. The van der Waals surface area contributed by atoms with Gasteiger partial charge in [-0.15, -0.1) is 0 Å². The van der Waals surface area contributed by atoms with E-state index in [1.807, 2.05) is 12.1 Å². The number of rotatable bonds is 1. The van der Waals surface area contributed by atoms with Crippen LogP contribution >= 0.6 is 0 Å². The van der Waals surface area contributed by atoms with Crippen LogP contribution in [0.25, 0.3) is 0 Å². The third kappa shape index (κ3) is 3.31. The molecule has 1 fully saturated rings. The first-order chi connectivity index (χ1) is 5.97. The van der Waals surface area contributed by atoms with E-state index < -0.39 is 0 Å². The summed E-state index contributed by atoms with van der Waals surface area (Å²) in [6, 6.07) is 6.77. The first kappa shape index (κ1) is 11.6. The molecule has 0 N–H and O–H groups in total. The van der Waals surface area contributed by atoms with Gasteiger partial charge in [-0.2, -0.15) is 6.07 Å². The Labute approximate surface area is 121 Å². The molecule has 0 saturated carbocycles. The Morgan fingerprint density at radius 2 is 2.15 bits per heavy atom. The summed E-state index contributed by atoms with van der Waals surface area (Å²) >= 11 is 0. The molecule has 1 aliphatic heterocycles. The van der Waals surface area contributed by atoms with Crippen molar-refractivity contribution < 1.29 is 56.1 Å². The van der Waals surface area contributed by atoms with Gasteiger partial charge in [0.1, 0.15) is 0 Å². The van der Waals surface area contributed by atoms with Gasteiger partial charge in [0.2, 0.25) is 0 Å². The number of ether oxygens (including phenoxy) is 1. The number of morpholine rings is 1. The number of aromatic nitrogens is 1. The Bertz CT molecular complexity index is 237. The van der Waals surface area contributed by atoms with Crippen LogP contribution < -0.4 is 56.3 Å². The zero-order valence-corrected chi connectivity index (χ0v) is 11.0. The molecule has 1 aliphatic rings. The van der Waals surface area contributed by atoms with E-state index in [1.54, 1.807) is 6.20 Å². The fourth-order valence-corrected chi connectivity index (χ4v) is 1.29. The minimum atomic E-state index is 0. The number of pyridine rings is 1. The number of hydrogen-bond donors (Lipinski definition) is 0. The Morgan fingerprint density at radius 3 is 2.77 bits per heavy atom. The van der Waals surface area contributed by atoms with Crippen LogP contribution in [0.1, 0.15) is 0 Å². The maximum atomic E-state index is 5.24. The summed E-state index contributed by atoms with van der Waals surface area (Å²) in [5.74, 6) is 1.03. The summed E-state index contributed by atoms with van der Waals surface area (Å²) in [6.45, 7) is 3.49. The molecule has 0 amide bonds. The Morgan fingerprint density at radius 1 is 1.38 bits per heavy atom. The average molecular weight is 202 g/mol. The first-order valence-corrected chi connectivity index (χ1v) is 4.11. The second kappa shape index (κ2) is 6.11. The predicted molar refractivity (Wildman–Crippen MR) is 46.1 cm³/mol. The van der Waals surface area contributed by atoms with E-state index in [2.05, 4.69) is 16.0 Å². The van der Waals surface area contributed by atoms with Gasteiger partial charge in [0.15, 0.2) is 0 Å². The molecule has 64 valence electrons. The molecule has 2 heterocycles. The quantitative estimate of drug-likeness (QED) is 0.379. The summed E-state index contributed by atoms with van der Waals surface area (Å²) in [7, 11) is 0. The number of nitrogens with zero attached hydrogens (tertiary/aromatic N) is 2.